The van der Waals surface area contributed by atoms with Crippen LogP contribution in [0.1, 0.15) is 26.7 Å². The third-order valence-electron chi connectivity index (χ3n) is 3.34. The first-order valence-electron chi connectivity index (χ1n) is 5.54. The number of carbonyl (C=O) groups is 1. The Kier molecular flexibility index (Phi) is 2.59. The molecule has 0 heterocycles. The van der Waals surface area contributed by atoms with Crippen LogP contribution in [0.15, 0.2) is 12.2 Å². The van der Waals surface area contributed by atoms with E-state index in [1.165, 1.54) is 0 Å². The van der Waals surface area contributed by atoms with Crippen molar-refractivity contribution in [1.29, 1.82) is 0 Å². The molecule has 1 N–H and O–H groups in total. The summed E-state index contributed by atoms with van der Waals surface area (Å²) >= 11 is 0. The SMILES string of the molecule is CC(C)(CO)OC(=O)C1CC2C=CC1C2. The summed E-state index contributed by atoms with van der Waals surface area (Å²) in [7, 11) is 0. The lowest BCUT2D eigenvalue weighted by molar-refractivity contribution is -0.166. The highest BCUT2D eigenvalue weighted by molar-refractivity contribution is 5.74. The maximum absolute atomic E-state index is 11.8. The van der Waals surface area contributed by atoms with E-state index in [-0.39, 0.29) is 18.5 Å². The number of hydrogen-bond acceptors (Lipinski definition) is 3. The van der Waals surface area contributed by atoms with Gasteiger partial charge in [0.15, 0.2) is 0 Å². The molecule has 0 radical (unpaired) electrons. The molecule has 2 aliphatic rings. The molecule has 0 spiro atoms. The third-order valence-corrected chi connectivity index (χ3v) is 3.34. The van der Waals surface area contributed by atoms with E-state index in [1.54, 1.807) is 13.8 Å². The number of allylic oxidation sites excluding steroid dienone is 2. The van der Waals surface area contributed by atoms with Crippen LogP contribution in [0.2, 0.25) is 0 Å². The second-order valence-electron chi connectivity index (χ2n) is 5.23. The number of carbonyl (C=O) groups excluding carboxylic acids is 1. The van der Waals surface area contributed by atoms with E-state index in [0.717, 1.165) is 12.8 Å². The van der Waals surface area contributed by atoms with Gasteiger partial charge in [0.1, 0.15) is 5.60 Å². The average Bonchev–Trinajstić information content (AvgIpc) is 2.78. The molecule has 0 aromatic carbocycles. The maximum atomic E-state index is 11.8. The van der Waals surface area contributed by atoms with Gasteiger partial charge in [-0.2, -0.15) is 0 Å². The summed E-state index contributed by atoms with van der Waals surface area (Å²) < 4.78 is 5.30. The van der Waals surface area contributed by atoms with Crippen LogP contribution in [-0.4, -0.2) is 23.3 Å². The number of ether oxygens (including phenoxy) is 1. The summed E-state index contributed by atoms with van der Waals surface area (Å²) in [5, 5.41) is 9.03. The minimum Gasteiger partial charge on any atom is -0.457 e. The summed E-state index contributed by atoms with van der Waals surface area (Å²) in [4.78, 5) is 11.8. The minimum atomic E-state index is -0.747. The second-order valence-corrected chi connectivity index (χ2v) is 5.23. The zero-order valence-corrected chi connectivity index (χ0v) is 9.27. The molecule has 2 aliphatic carbocycles. The highest BCUT2D eigenvalue weighted by atomic mass is 16.6. The Balaban J connectivity index is 1.95. The Morgan fingerprint density at radius 2 is 2.20 bits per heavy atom. The molecule has 0 aliphatic heterocycles. The molecule has 2 rings (SSSR count). The van der Waals surface area contributed by atoms with Gasteiger partial charge in [0, 0.05) is 0 Å². The van der Waals surface area contributed by atoms with Gasteiger partial charge in [-0.1, -0.05) is 12.2 Å². The van der Waals surface area contributed by atoms with Crippen molar-refractivity contribution in [3.63, 3.8) is 0 Å². The van der Waals surface area contributed by atoms with E-state index in [2.05, 4.69) is 12.2 Å². The van der Waals surface area contributed by atoms with Gasteiger partial charge in [0.25, 0.3) is 0 Å². The van der Waals surface area contributed by atoms with Crippen molar-refractivity contribution in [2.45, 2.75) is 32.3 Å². The lowest BCUT2D eigenvalue weighted by Gasteiger charge is -2.26. The van der Waals surface area contributed by atoms with Gasteiger partial charge in [-0.15, -0.1) is 0 Å². The summed E-state index contributed by atoms with van der Waals surface area (Å²) in [5.74, 6) is 0.818. The molecule has 3 unspecified atom stereocenters. The maximum Gasteiger partial charge on any atom is 0.310 e. The number of aliphatic hydroxyl groups is 1. The summed E-state index contributed by atoms with van der Waals surface area (Å²) in [5.41, 5.74) is -0.747. The topological polar surface area (TPSA) is 46.5 Å². The van der Waals surface area contributed by atoms with Crippen LogP contribution in [0.4, 0.5) is 0 Å². The molecule has 0 aromatic heterocycles. The number of hydrogen-bond donors (Lipinski definition) is 1. The fourth-order valence-corrected chi connectivity index (χ4v) is 2.43. The Bertz CT molecular complexity index is 293. The standard InChI is InChI=1S/C12H18O3/c1-12(2,7-13)15-11(14)10-6-8-3-4-9(10)5-8/h3-4,8-10,13H,5-7H2,1-2H3. The molecule has 1 saturated carbocycles. The number of rotatable bonds is 3. The first-order chi connectivity index (χ1) is 7.02. The molecule has 15 heavy (non-hydrogen) atoms. The first-order valence-corrected chi connectivity index (χ1v) is 5.54. The van der Waals surface area contributed by atoms with Gasteiger partial charge in [-0.3, -0.25) is 4.79 Å². The molecule has 3 atom stereocenters. The van der Waals surface area contributed by atoms with Crippen molar-refractivity contribution in [1.82, 2.24) is 0 Å². The van der Waals surface area contributed by atoms with Gasteiger partial charge in [-0.05, 0) is 38.5 Å². The van der Waals surface area contributed by atoms with Crippen molar-refractivity contribution < 1.29 is 14.6 Å². The number of esters is 1. The highest BCUT2D eigenvalue weighted by Crippen LogP contribution is 2.44. The Morgan fingerprint density at radius 1 is 1.47 bits per heavy atom. The predicted molar refractivity (Wildman–Crippen MR) is 56.1 cm³/mol. The van der Waals surface area contributed by atoms with Crippen molar-refractivity contribution in [2.24, 2.45) is 17.8 Å². The number of fused-ring (bicyclic) bond motifs is 2. The van der Waals surface area contributed by atoms with Gasteiger partial charge in [0.2, 0.25) is 0 Å². The van der Waals surface area contributed by atoms with Crippen LogP contribution in [0.25, 0.3) is 0 Å². The van der Waals surface area contributed by atoms with Crippen LogP contribution >= 0.6 is 0 Å². The van der Waals surface area contributed by atoms with Crippen LogP contribution in [0.5, 0.6) is 0 Å². The van der Waals surface area contributed by atoms with E-state index in [0.29, 0.717) is 11.8 Å². The summed E-state index contributed by atoms with van der Waals surface area (Å²) in [6, 6.07) is 0. The van der Waals surface area contributed by atoms with Crippen LogP contribution in [0.3, 0.4) is 0 Å². The van der Waals surface area contributed by atoms with Gasteiger partial charge in [-0.25, -0.2) is 0 Å². The molecule has 0 saturated heterocycles. The van der Waals surface area contributed by atoms with Crippen molar-refractivity contribution in [3.8, 4) is 0 Å². The smallest absolute Gasteiger partial charge is 0.310 e. The second kappa shape index (κ2) is 3.63. The average molecular weight is 210 g/mol. The molecule has 1 fully saturated rings. The van der Waals surface area contributed by atoms with E-state index >= 15 is 0 Å². The summed E-state index contributed by atoms with van der Waals surface area (Å²) in [6.45, 7) is 3.33. The largest absolute Gasteiger partial charge is 0.457 e. The molecule has 0 amide bonds. The zero-order chi connectivity index (χ0) is 11.1. The monoisotopic (exact) mass is 210 g/mol. The van der Waals surface area contributed by atoms with Crippen LogP contribution in [-0.2, 0) is 9.53 Å². The van der Waals surface area contributed by atoms with Crippen molar-refractivity contribution in [3.05, 3.63) is 12.2 Å². The fraction of sp³-hybridized carbons (Fsp3) is 0.750. The quantitative estimate of drug-likeness (QED) is 0.567. The molecule has 84 valence electrons. The predicted octanol–water partition coefficient (Wildman–Crippen LogP) is 1.51. The Labute approximate surface area is 90.1 Å². The lowest BCUT2D eigenvalue weighted by Crippen LogP contribution is -2.35. The molecule has 2 bridgehead atoms. The van der Waals surface area contributed by atoms with Gasteiger partial charge < -0.3 is 9.84 Å². The van der Waals surface area contributed by atoms with E-state index in [4.69, 9.17) is 9.84 Å². The van der Waals surface area contributed by atoms with Crippen molar-refractivity contribution >= 4 is 5.97 Å². The van der Waals surface area contributed by atoms with E-state index < -0.39 is 5.60 Å². The summed E-state index contributed by atoms with van der Waals surface area (Å²) in [6.07, 6.45) is 6.35. The Hall–Kier alpha value is -0.830. The highest BCUT2D eigenvalue weighted by Gasteiger charge is 2.42. The molecule has 3 nitrogen and oxygen atoms in total. The van der Waals surface area contributed by atoms with E-state index in [1.807, 2.05) is 0 Å². The molecular formula is C12H18O3. The molecular weight excluding hydrogens is 192 g/mol. The Morgan fingerprint density at radius 3 is 2.67 bits per heavy atom. The lowest BCUT2D eigenvalue weighted by atomic mass is 9.93. The fourth-order valence-electron chi connectivity index (χ4n) is 2.43. The van der Waals surface area contributed by atoms with E-state index in [9.17, 15) is 4.79 Å². The normalized spacial score (nSPS) is 33.4. The van der Waals surface area contributed by atoms with Crippen LogP contribution in [0, 0.1) is 17.8 Å². The van der Waals surface area contributed by atoms with Crippen molar-refractivity contribution in [2.75, 3.05) is 6.61 Å². The molecule has 3 heteroatoms. The third kappa shape index (κ3) is 2.07. The zero-order valence-electron chi connectivity index (χ0n) is 9.27. The van der Waals surface area contributed by atoms with Gasteiger partial charge in [0.05, 0.1) is 12.5 Å². The van der Waals surface area contributed by atoms with Gasteiger partial charge >= 0.3 is 5.97 Å². The minimum absolute atomic E-state index is 0.0193. The first kappa shape index (κ1) is 10.7. The number of aliphatic hydroxyl groups excluding tert-OH is 1. The van der Waals surface area contributed by atoms with Crippen LogP contribution < -0.4 is 0 Å². The molecule has 0 aromatic rings.